The van der Waals surface area contributed by atoms with Crippen LogP contribution >= 0.6 is 0 Å². The van der Waals surface area contributed by atoms with Crippen molar-refractivity contribution in [3.8, 4) is 0 Å². The molecule has 506 valence electrons. The van der Waals surface area contributed by atoms with Gasteiger partial charge in [0.2, 0.25) is 0 Å². The molecule has 0 aliphatic carbocycles. The lowest BCUT2D eigenvalue weighted by atomic mass is 9.98. The Kier molecular flexibility index (Phi) is 59.0. The van der Waals surface area contributed by atoms with E-state index >= 15 is 0 Å². The highest BCUT2D eigenvalue weighted by molar-refractivity contribution is 5.74. The molecule has 87 heavy (non-hydrogen) atoms. The smallest absolute Gasteiger partial charge is 0.335 e. The summed E-state index contributed by atoms with van der Waals surface area (Å²) in [5.74, 6) is -3.10. The largest absolute Gasteiger partial charge is 0.479 e. The summed E-state index contributed by atoms with van der Waals surface area (Å²) >= 11 is 0. The maximum atomic E-state index is 13.3. The molecule has 1 saturated heterocycles. The molecule has 0 aromatic rings. The molecule has 0 amide bonds. The lowest BCUT2D eigenvalue weighted by molar-refractivity contribution is -0.301. The van der Waals surface area contributed by atoms with E-state index < -0.39 is 67.3 Å². The van der Waals surface area contributed by atoms with E-state index in [1.54, 1.807) is 0 Å². The van der Waals surface area contributed by atoms with E-state index in [0.29, 0.717) is 19.3 Å². The molecule has 6 unspecified atom stereocenters. The summed E-state index contributed by atoms with van der Waals surface area (Å²) in [6, 6.07) is 0. The Hall–Kier alpha value is -3.32. The highest BCUT2D eigenvalue weighted by Gasteiger charge is 2.50. The molecular weight excluding hydrogens is 1090 g/mol. The summed E-state index contributed by atoms with van der Waals surface area (Å²) < 4.78 is 28.7. The number of hydrogen-bond acceptors (Lipinski definition) is 11. The molecule has 3 N–H and O–H groups in total. The molecule has 1 aliphatic heterocycles. The van der Waals surface area contributed by atoms with E-state index in [1.165, 1.54) is 205 Å². The van der Waals surface area contributed by atoms with Crippen LogP contribution in [0.1, 0.15) is 355 Å². The third kappa shape index (κ3) is 52.1. The standard InChI is InChI=1S/C75H134O12/c1-4-7-10-13-16-19-22-25-28-31-34-37-40-43-46-49-52-55-58-61-67(76)83-64-66(85-68(77)62-59-56-53-50-47-44-41-38-35-32-29-26-23-20-17-14-11-8-5-2)65-84-75-73(71(80)70(79)72(87-75)74(81)82)86-69(78)63-60-57-54-51-48-45-42-39-36-33-30-27-24-21-18-15-12-9-6-3/h16,19,25-26,28-29,34,37,66,70-73,75,79-80H,4-15,17-18,20-24,27,30-33,35-36,38-65H2,1-3H3,(H,81,82)/b19-16-,28-25-,29-26-,37-34-. The van der Waals surface area contributed by atoms with Gasteiger partial charge in [-0.3, -0.25) is 14.4 Å². The molecule has 1 heterocycles. The van der Waals surface area contributed by atoms with Crippen molar-refractivity contribution in [1.82, 2.24) is 0 Å². The first kappa shape index (κ1) is 81.7. The zero-order chi connectivity index (χ0) is 63.1. The number of allylic oxidation sites excluding steroid dienone is 8. The van der Waals surface area contributed by atoms with Crippen molar-refractivity contribution >= 4 is 23.9 Å². The van der Waals surface area contributed by atoms with Gasteiger partial charge in [-0.25, -0.2) is 4.79 Å². The number of hydrogen-bond donors (Lipinski definition) is 3. The molecular formula is C75H134O12. The van der Waals surface area contributed by atoms with Crippen LogP contribution in [0, 0.1) is 0 Å². The SMILES string of the molecule is CCCCC/C=C\C/C=C\C/C=C\CCCCCCCCC(=O)OCC(COC1OC(C(=O)O)C(O)C(O)C1OC(=O)CCCCCCCCCCCCCCCCCCCCC)OC(=O)CCCCCCCCCCC/C=C\CCCCCCCC. The highest BCUT2D eigenvalue weighted by Crippen LogP contribution is 2.27. The molecule has 1 rings (SSSR count). The Bertz CT molecular complexity index is 1690. The summed E-state index contributed by atoms with van der Waals surface area (Å²) in [4.78, 5) is 51.6. The van der Waals surface area contributed by atoms with Gasteiger partial charge in [-0.2, -0.15) is 0 Å². The van der Waals surface area contributed by atoms with Crippen LogP contribution < -0.4 is 0 Å². The van der Waals surface area contributed by atoms with E-state index in [1.807, 2.05) is 0 Å². The third-order valence-electron chi connectivity index (χ3n) is 16.9. The molecule has 0 aromatic carbocycles. The van der Waals surface area contributed by atoms with Crippen LogP contribution in [-0.2, 0) is 42.9 Å². The second-order valence-electron chi connectivity index (χ2n) is 25.2. The first-order valence-electron chi connectivity index (χ1n) is 36.6. The molecule has 0 radical (unpaired) electrons. The van der Waals surface area contributed by atoms with Crippen molar-refractivity contribution in [2.45, 2.75) is 391 Å². The molecule has 0 bridgehead atoms. The number of aliphatic carboxylic acids is 1. The fraction of sp³-hybridized carbons (Fsp3) is 0.840. The van der Waals surface area contributed by atoms with Crippen LogP contribution in [0.3, 0.4) is 0 Å². The number of carbonyl (C=O) groups is 4. The topological polar surface area (TPSA) is 175 Å². The second kappa shape index (κ2) is 62.9. The van der Waals surface area contributed by atoms with Crippen molar-refractivity contribution in [3.05, 3.63) is 48.6 Å². The number of carboxylic acid groups (broad SMARTS) is 1. The first-order valence-corrected chi connectivity index (χ1v) is 36.6. The number of unbranched alkanes of at least 4 members (excludes halogenated alkanes) is 42. The Morgan fingerprint density at radius 1 is 0.379 bits per heavy atom. The monoisotopic (exact) mass is 1230 g/mol. The van der Waals surface area contributed by atoms with E-state index in [4.69, 9.17) is 23.7 Å². The fourth-order valence-corrected chi connectivity index (χ4v) is 11.3. The van der Waals surface area contributed by atoms with Crippen LogP contribution in [0.25, 0.3) is 0 Å². The molecule has 12 nitrogen and oxygen atoms in total. The average Bonchev–Trinajstić information content (AvgIpc) is 2.56. The minimum absolute atomic E-state index is 0.0642. The molecule has 1 aliphatic rings. The molecule has 0 spiro atoms. The van der Waals surface area contributed by atoms with Crippen LogP contribution in [0.4, 0.5) is 0 Å². The van der Waals surface area contributed by atoms with Crippen molar-refractivity contribution in [3.63, 3.8) is 0 Å². The van der Waals surface area contributed by atoms with Crippen LogP contribution in [0.15, 0.2) is 48.6 Å². The van der Waals surface area contributed by atoms with Crippen LogP contribution in [0.2, 0.25) is 0 Å². The van der Waals surface area contributed by atoms with Gasteiger partial charge >= 0.3 is 23.9 Å². The lowest BCUT2D eigenvalue weighted by Gasteiger charge is -2.40. The second-order valence-corrected chi connectivity index (χ2v) is 25.2. The minimum atomic E-state index is -1.90. The van der Waals surface area contributed by atoms with Crippen molar-refractivity contribution in [2.24, 2.45) is 0 Å². The number of carbonyl (C=O) groups excluding carboxylic acids is 3. The maximum absolute atomic E-state index is 13.3. The van der Waals surface area contributed by atoms with Crippen molar-refractivity contribution in [1.29, 1.82) is 0 Å². The molecule has 0 aromatic heterocycles. The van der Waals surface area contributed by atoms with Gasteiger partial charge in [-0.1, -0.05) is 301 Å². The van der Waals surface area contributed by atoms with Gasteiger partial charge in [0.15, 0.2) is 24.6 Å². The number of carboxylic acids is 1. The normalized spacial score (nSPS) is 17.6. The average molecular weight is 1230 g/mol. The maximum Gasteiger partial charge on any atom is 0.335 e. The zero-order valence-corrected chi connectivity index (χ0v) is 56.3. The van der Waals surface area contributed by atoms with Gasteiger partial charge in [0.25, 0.3) is 0 Å². The Labute approximate surface area is 533 Å². The van der Waals surface area contributed by atoms with E-state index in [-0.39, 0.29) is 25.9 Å². The Balaban J connectivity index is 2.62. The Morgan fingerprint density at radius 2 is 0.690 bits per heavy atom. The first-order chi connectivity index (χ1) is 42.6. The summed E-state index contributed by atoms with van der Waals surface area (Å²) in [7, 11) is 0. The zero-order valence-electron chi connectivity index (χ0n) is 56.3. The number of aliphatic hydroxyl groups excluding tert-OH is 2. The number of ether oxygens (including phenoxy) is 5. The minimum Gasteiger partial charge on any atom is -0.479 e. The molecule has 0 saturated carbocycles. The van der Waals surface area contributed by atoms with Gasteiger partial charge in [-0.15, -0.1) is 0 Å². The van der Waals surface area contributed by atoms with Gasteiger partial charge in [0.05, 0.1) is 6.61 Å². The predicted molar refractivity (Wildman–Crippen MR) is 359 cm³/mol. The summed E-state index contributed by atoms with van der Waals surface area (Å²) in [5.41, 5.74) is 0. The predicted octanol–water partition coefficient (Wildman–Crippen LogP) is 20.5. The van der Waals surface area contributed by atoms with Crippen LogP contribution in [0.5, 0.6) is 0 Å². The number of aliphatic hydroxyl groups is 2. The molecule has 12 heteroatoms. The van der Waals surface area contributed by atoms with Crippen molar-refractivity contribution in [2.75, 3.05) is 13.2 Å². The fourth-order valence-electron chi connectivity index (χ4n) is 11.3. The molecule has 6 atom stereocenters. The molecule has 1 fully saturated rings. The van der Waals surface area contributed by atoms with E-state index in [9.17, 15) is 34.5 Å². The number of esters is 3. The third-order valence-corrected chi connectivity index (χ3v) is 16.9. The lowest BCUT2D eigenvalue weighted by Crippen LogP contribution is -2.61. The van der Waals surface area contributed by atoms with Gasteiger partial charge in [0.1, 0.15) is 18.8 Å². The number of rotatable bonds is 64. The van der Waals surface area contributed by atoms with Crippen molar-refractivity contribution < 1.29 is 58.2 Å². The van der Waals surface area contributed by atoms with Gasteiger partial charge < -0.3 is 39.0 Å². The Morgan fingerprint density at radius 3 is 1.08 bits per heavy atom. The quantitative estimate of drug-likeness (QED) is 0.0228. The summed E-state index contributed by atoms with van der Waals surface area (Å²) in [6.07, 6.45) is 66.3. The van der Waals surface area contributed by atoms with Gasteiger partial charge in [0, 0.05) is 19.3 Å². The van der Waals surface area contributed by atoms with Crippen LogP contribution in [-0.4, -0.2) is 89.2 Å². The summed E-state index contributed by atoms with van der Waals surface area (Å²) in [5, 5.41) is 31.7. The van der Waals surface area contributed by atoms with E-state index in [2.05, 4.69) is 69.4 Å². The van der Waals surface area contributed by atoms with Gasteiger partial charge in [-0.05, 0) is 83.5 Å². The highest BCUT2D eigenvalue weighted by atomic mass is 16.7. The van der Waals surface area contributed by atoms with E-state index in [0.717, 1.165) is 89.9 Å². The summed E-state index contributed by atoms with van der Waals surface area (Å²) in [6.45, 7) is 6.03.